The van der Waals surface area contributed by atoms with Crippen LogP contribution in [0.3, 0.4) is 0 Å². The van der Waals surface area contributed by atoms with Gasteiger partial charge < -0.3 is 20.7 Å². The summed E-state index contributed by atoms with van der Waals surface area (Å²) < 4.78 is 5.11. The molecule has 1 rings (SSSR count). The Morgan fingerprint density at radius 3 is 2.41 bits per heavy atom. The number of rotatable bonds is 6. The second-order valence-corrected chi connectivity index (χ2v) is 8.71. The highest BCUT2D eigenvalue weighted by molar-refractivity contribution is 7.81. The van der Waals surface area contributed by atoms with Gasteiger partial charge in [-0.1, -0.05) is 0 Å². The number of carbonyl (C=O) groups is 1. The first-order valence-electron chi connectivity index (χ1n) is 8.23. The van der Waals surface area contributed by atoms with Crippen molar-refractivity contribution in [3.05, 3.63) is 0 Å². The van der Waals surface area contributed by atoms with Gasteiger partial charge in [0.15, 0.2) is 0 Å². The van der Waals surface area contributed by atoms with Gasteiger partial charge in [-0.25, -0.2) is 4.79 Å². The van der Waals surface area contributed by atoms with Crippen LogP contribution in [0.4, 0.5) is 4.79 Å². The molecule has 1 saturated heterocycles. The summed E-state index contributed by atoms with van der Waals surface area (Å²) in [5.41, 5.74) is 5.27. The summed E-state index contributed by atoms with van der Waals surface area (Å²) in [6.45, 7) is 12.2. The SMILES string of the molecule is CC(C)(C)OC(=O)NCC[C@](C)(S)CN1CCC(CN)CC1. The number of amides is 1. The number of nitrogens with two attached hydrogens (primary N) is 1. The molecule has 1 aliphatic rings. The number of thiol groups is 1. The molecule has 0 bridgehead atoms. The van der Waals surface area contributed by atoms with E-state index < -0.39 is 5.60 Å². The zero-order valence-electron chi connectivity index (χ0n) is 14.5. The molecule has 3 N–H and O–H groups in total. The summed E-state index contributed by atoms with van der Waals surface area (Å²) in [6.07, 6.45) is 2.81. The van der Waals surface area contributed by atoms with E-state index in [2.05, 4.69) is 17.1 Å². The van der Waals surface area contributed by atoms with E-state index in [-0.39, 0.29) is 10.8 Å². The first kappa shape index (κ1) is 19.6. The van der Waals surface area contributed by atoms with Crippen LogP contribution < -0.4 is 11.1 Å². The van der Waals surface area contributed by atoms with Crippen LogP contribution in [0, 0.1) is 5.92 Å². The number of ether oxygens (including phenoxy) is 1. The standard InChI is InChI=1S/C16H33N3O2S/c1-15(2,3)21-14(20)18-8-7-16(4,22)12-19-9-5-13(11-17)6-10-19/h13,22H,5-12,17H2,1-4H3,(H,18,20)/t16-/m0/s1. The largest absolute Gasteiger partial charge is 0.444 e. The molecule has 0 unspecified atom stereocenters. The maximum absolute atomic E-state index is 11.6. The van der Waals surface area contributed by atoms with E-state index in [4.69, 9.17) is 23.1 Å². The average molecular weight is 332 g/mol. The predicted molar refractivity (Wildman–Crippen MR) is 94.5 cm³/mol. The number of piperidine rings is 1. The number of alkyl carbamates (subject to hydrolysis) is 1. The van der Waals surface area contributed by atoms with E-state index >= 15 is 0 Å². The lowest BCUT2D eigenvalue weighted by molar-refractivity contribution is 0.0525. The van der Waals surface area contributed by atoms with E-state index in [9.17, 15) is 4.79 Å². The van der Waals surface area contributed by atoms with Crippen molar-refractivity contribution in [2.75, 3.05) is 32.7 Å². The maximum Gasteiger partial charge on any atom is 0.407 e. The highest BCUT2D eigenvalue weighted by atomic mass is 32.1. The van der Waals surface area contributed by atoms with Crippen molar-refractivity contribution in [1.29, 1.82) is 0 Å². The Bertz CT molecular complexity index is 348. The summed E-state index contributed by atoms with van der Waals surface area (Å²) in [6, 6.07) is 0. The van der Waals surface area contributed by atoms with Crippen LogP contribution in [-0.2, 0) is 4.74 Å². The molecule has 22 heavy (non-hydrogen) atoms. The van der Waals surface area contributed by atoms with E-state index in [0.29, 0.717) is 12.5 Å². The smallest absolute Gasteiger partial charge is 0.407 e. The monoisotopic (exact) mass is 331 g/mol. The van der Waals surface area contributed by atoms with Crippen molar-refractivity contribution in [2.24, 2.45) is 11.7 Å². The summed E-state index contributed by atoms with van der Waals surface area (Å²) in [7, 11) is 0. The van der Waals surface area contributed by atoms with Gasteiger partial charge in [-0.15, -0.1) is 0 Å². The van der Waals surface area contributed by atoms with Gasteiger partial charge in [0.1, 0.15) is 5.60 Å². The molecule has 1 atom stereocenters. The van der Waals surface area contributed by atoms with Crippen LogP contribution in [0.5, 0.6) is 0 Å². The third-order valence-electron chi connectivity index (χ3n) is 3.94. The van der Waals surface area contributed by atoms with Crippen molar-refractivity contribution >= 4 is 18.7 Å². The molecule has 0 radical (unpaired) electrons. The van der Waals surface area contributed by atoms with E-state index in [1.807, 2.05) is 20.8 Å². The van der Waals surface area contributed by atoms with Gasteiger partial charge >= 0.3 is 6.09 Å². The van der Waals surface area contributed by atoms with E-state index in [1.54, 1.807) is 0 Å². The molecular weight excluding hydrogens is 298 g/mol. The van der Waals surface area contributed by atoms with Crippen molar-refractivity contribution in [1.82, 2.24) is 10.2 Å². The van der Waals surface area contributed by atoms with Crippen LogP contribution in [0.15, 0.2) is 0 Å². The van der Waals surface area contributed by atoms with Gasteiger partial charge in [-0.05, 0) is 72.5 Å². The van der Waals surface area contributed by atoms with Gasteiger partial charge in [0, 0.05) is 17.8 Å². The minimum Gasteiger partial charge on any atom is -0.444 e. The quantitative estimate of drug-likeness (QED) is 0.653. The third-order valence-corrected chi connectivity index (χ3v) is 4.30. The lowest BCUT2D eigenvalue weighted by Crippen LogP contribution is -2.44. The summed E-state index contributed by atoms with van der Waals surface area (Å²) in [5.74, 6) is 0.677. The average Bonchev–Trinajstić information content (AvgIpc) is 2.36. The Labute approximate surface area is 140 Å². The normalized spacial score (nSPS) is 20.5. The molecule has 1 aliphatic heterocycles. The van der Waals surface area contributed by atoms with Crippen molar-refractivity contribution in [3.63, 3.8) is 0 Å². The van der Waals surface area contributed by atoms with Crippen LogP contribution in [-0.4, -0.2) is 54.1 Å². The topological polar surface area (TPSA) is 67.6 Å². The van der Waals surface area contributed by atoms with Crippen molar-refractivity contribution in [3.8, 4) is 0 Å². The molecule has 0 spiro atoms. The van der Waals surface area contributed by atoms with Gasteiger partial charge in [-0.3, -0.25) is 0 Å². The summed E-state index contributed by atoms with van der Waals surface area (Å²) in [4.78, 5) is 14.1. The zero-order chi connectivity index (χ0) is 16.8. The highest BCUT2D eigenvalue weighted by Crippen LogP contribution is 2.23. The predicted octanol–water partition coefficient (Wildman–Crippen LogP) is 2.26. The fraction of sp³-hybridized carbons (Fsp3) is 0.938. The molecule has 0 aromatic heterocycles. The number of nitrogens with zero attached hydrogens (tertiary/aromatic N) is 1. The number of hydrogen-bond donors (Lipinski definition) is 3. The van der Waals surface area contributed by atoms with Crippen LogP contribution in [0.1, 0.15) is 47.0 Å². The zero-order valence-corrected chi connectivity index (χ0v) is 15.4. The first-order valence-corrected chi connectivity index (χ1v) is 8.68. The molecule has 0 aliphatic carbocycles. The molecule has 0 aromatic carbocycles. The lowest BCUT2D eigenvalue weighted by Gasteiger charge is -2.36. The van der Waals surface area contributed by atoms with Crippen LogP contribution in [0.25, 0.3) is 0 Å². The van der Waals surface area contributed by atoms with E-state index in [0.717, 1.165) is 32.6 Å². The fourth-order valence-electron chi connectivity index (χ4n) is 2.69. The summed E-state index contributed by atoms with van der Waals surface area (Å²) in [5, 5.41) is 2.80. The van der Waals surface area contributed by atoms with Crippen molar-refractivity contribution < 1.29 is 9.53 Å². The van der Waals surface area contributed by atoms with E-state index in [1.165, 1.54) is 12.8 Å². The molecule has 1 fully saturated rings. The molecule has 0 aromatic rings. The Morgan fingerprint density at radius 2 is 1.91 bits per heavy atom. The van der Waals surface area contributed by atoms with Crippen LogP contribution in [0.2, 0.25) is 0 Å². The second-order valence-electron chi connectivity index (χ2n) is 7.63. The maximum atomic E-state index is 11.6. The van der Waals surface area contributed by atoms with Gasteiger partial charge in [0.25, 0.3) is 0 Å². The first-order chi connectivity index (χ1) is 10.1. The molecule has 6 heteroatoms. The minimum absolute atomic E-state index is 0.120. The van der Waals surface area contributed by atoms with Crippen LogP contribution >= 0.6 is 12.6 Å². The number of carbonyl (C=O) groups excluding carboxylic acids is 1. The van der Waals surface area contributed by atoms with Crippen molar-refractivity contribution in [2.45, 2.75) is 57.3 Å². The molecule has 130 valence electrons. The molecule has 1 amide bonds. The molecule has 1 heterocycles. The highest BCUT2D eigenvalue weighted by Gasteiger charge is 2.26. The van der Waals surface area contributed by atoms with Gasteiger partial charge in [0.2, 0.25) is 0 Å². The second kappa shape index (κ2) is 8.41. The Hall–Kier alpha value is -0.460. The fourth-order valence-corrected chi connectivity index (χ4v) is 3.00. The lowest BCUT2D eigenvalue weighted by atomic mass is 9.96. The summed E-state index contributed by atoms with van der Waals surface area (Å²) >= 11 is 4.77. The number of nitrogens with one attached hydrogen (secondary N) is 1. The minimum atomic E-state index is -0.457. The molecule has 5 nitrogen and oxygen atoms in total. The van der Waals surface area contributed by atoms with Gasteiger partial charge in [-0.2, -0.15) is 12.6 Å². The third kappa shape index (κ3) is 8.25. The van der Waals surface area contributed by atoms with Gasteiger partial charge in [0.05, 0.1) is 0 Å². The number of hydrogen-bond acceptors (Lipinski definition) is 5. The Morgan fingerprint density at radius 1 is 1.32 bits per heavy atom. The Balaban J connectivity index is 2.25. The molecule has 0 saturated carbocycles. The molecular formula is C16H33N3O2S. The Kier molecular flexibility index (Phi) is 7.49. The number of likely N-dealkylation sites (tertiary alicyclic amines) is 1.